The number of hydrogen-bond donors (Lipinski definition) is 4. The maximum absolute atomic E-state index is 11.8. The number of aromatic amines is 1. The molecule has 0 radical (unpaired) electrons. The molecular formula is C12H11ClN2O4. The molecule has 1 heterocycles. The number of rotatable bonds is 4. The molecule has 0 aliphatic rings. The Hall–Kier alpha value is -2.05. The van der Waals surface area contributed by atoms with Gasteiger partial charge in [0.25, 0.3) is 5.91 Å². The van der Waals surface area contributed by atoms with Gasteiger partial charge in [-0.3, -0.25) is 4.79 Å². The Kier molecular flexibility index (Phi) is 3.73. The molecule has 0 saturated carbocycles. The van der Waals surface area contributed by atoms with Gasteiger partial charge in [-0.15, -0.1) is 0 Å². The third-order valence-electron chi connectivity index (χ3n) is 2.64. The van der Waals surface area contributed by atoms with Crippen LogP contribution < -0.4 is 5.32 Å². The van der Waals surface area contributed by atoms with Crippen molar-refractivity contribution in [2.45, 2.75) is 6.04 Å². The first-order valence-corrected chi connectivity index (χ1v) is 5.82. The molecule has 1 aromatic carbocycles. The van der Waals surface area contributed by atoms with Crippen LogP contribution in [-0.2, 0) is 4.79 Å². The number of hydrogen-bond acceptors (Lipinski definition) is 3. The van der Waals surface area contributed by atoms with Crippen molar-refractivity contribution >= 4 is 34.4 Å². The summed E-state index contributed by atoms with van der Waals surface area (Å²) < 4.78 is 0. The van der Waals surface area contributed by atoms with Gasteiger partial charge in [0.2, 0.25) is 0 Å². The highest BCUT2D eigenvalue weighted by atomic mass is 35.5. The minimum Gasteiger partial charge on any atom is -0.480 e. The van der Waals surface area contributed by atoms with E-state index in [0.29, 0.717) is 10.5 Å². The predicted octanol–water partition coefficient (Wildman–Crippen LogP) is 0.997. The highest BCUT2D eigenvalue weighted by Gasteiger charge is 2.20. The fourth-order valence-corrected chi connectivity index (χ4v) is 1.89. The number of aliphatic hydroxyl groups is 1. The number of aromatic nitrogens is 1. The molecule has 0 bridgehead atoms. The van der Waals surface area contributed by atoms with E-state index in [0.717, 1.165) is 5.39 Å². The standard InChI is InChI=1S/C12H11ClN2O4/c13-7-3-1-2-6-4-8(14-10(6)7)11(17)15-9(5-16)12(18)19/h1-4,9,14,16H,5H2,(H,15,17)(H,18,19). The Labute approximate surface area is 113 Å². The zero-order valence-electron chi connectivity index (χ0n) is 9.68. The van der Waals surface area contributed by atoms with Gasteiger partial charge in [-0.1, -0.05) is 23.7 Å². The van der Waals surface area contributed by atoms with Gasteiger partial charge in [0.15, 0.2) is 6.04 Å². The Morgan fingerprint density at radius 2 is 2.16 bits per heavy atom. The number of aliphatic carboxylic acids is 1. The van der Waals surface area contributed by atoms with Crippen molar-refractivity contribution < 1.29 is 19.8 Å². The molecule has 6 nitrogen and oxygen atoms in total. The number of carbonyl (C=O) groups excluding carboxylic acids is 1. The maximum Gasteiger partial charge on any atom is 0.328 e. The monoisotopic (exact) mass is 282 g/mol. The van der Waals surface area contributed by atoms with Crippen LogP contribution in [0.3, 0.4) is 0 Å². The smallest absolute Gasteiger partial charge is 0.328 e. The van der Waals surface area contributed by atoms with Crippen LogP contribution in [0.15, 0.2) is 24.3 Å². The van der Waals surface area contributed by atoms with Crippen LogP contribution in [-0.4, -0.2) is 39.7 Å². The largest absolute Gasteiger partial charge is 0.480 e. The molecule has 4 N–H and O–H groups in total. The van der Waals surface area contributed by atoms with Gasteiger partial charge in [0.05, 0.1) is 17.1 Å². The van der Waals surface area contributed by atoms with Crippen molar-refractivity contribution in [3.8, 4) is 0 Å². The second-order valence-electron chi connectivity index (χ2n) is 3.93. The number of halogens is 1. The number of carboxylic acids is 1. The maximum atomic E-state index is 11.8. The molecule has 1 amide bonds. The van der Waals surface area contributed by atoms with Crippen LogP contribution in [0.1, 0.15) is 10.5 Å². The molecule has 0 aliphatic carbocycles. The first kappa shape index (κ1) is 13.4. The van der Waals surface area contributed by atoms with E-state index in [4.69, 9.17) is 21.8 Å². The second kappa shape index (κ2) is 5.29. The molecule has 0 saturated heterocycles. The summed E-state index contributed by atoms with van der Waals surface area (Å²) >= 11 is 5.96. The summed E-state index contributed by atoms with van der Waals surface area (Å²) in [5, 5.41) is 21.0. The molecule has 7 heteroatoms. The average Bonchev–Trinajstić information content (AvgIpc) is 2.80. The van der Waals surface area contributed by atoms with Crippen LogP contribution >= 0.6 is 11.6 Å². The summed E-state index contributed by atoms with van der Waals surface area (Å²) in [7, 11) is 0. The zero-order valence-corrected chi connectivity index (χ0v) is 10.4. The summed E-state index contributed by atoms with van der Waals surface area (Å²) in [5.74, 6) is -1.92. The molecule has 100 valence electrons. The van der Waals surface area contributed by atoms with Gasteiger partial charge in [0, 0.05) is 5.39 Å². The lowest BCUT2D eigenvalue weighted by Crippen LogP contribution is -2.43. The Bertz CT molecular complexity index is 638. The second-order valence-corrected chi connectivity index (χ2v) is 4.34. The first-order valence-electron chi connectivity index (χ1n) is 5.44. The number of fused-ring (bicyclic) bond motifs is 1. The summed E-state index contributed by atoms with van der Waals surface area (Å²) in [6.45, 7) is -0.679. The summed E-state index contributed by atoms with van der Waals surface area (Å²) in [6, 6.07) is 5.42. The number of carbonyl (C=O) groups is 2. The zero-order chi connectivity index (χ0) is 14.0. The topological polar surface area (TPSA) is 102 Å². The molecule has 0 aliphatic heterocycles. The van der Waals surface area contributed by atoms with Gasteiger partial charge in [-0.2, -0.15) is 0 Å². The molecule has 0 fully saturated rings. The third kappa shape index (κ3) is 2.69. The predicted molar refractivity (Wildman–Crippen MR) is 69.3 cm³/mol. The van der Waals surface area contributed by atoms with E-state index in [1.54, 1.807) is 24.3 Å². The van der Waals surface area contributed by atoms with E-state index >= 15 is 0 Å². The van der Waals surface area contributed by atoms with E-state index in [9.17, 15) is 9.59 Å². The van der Waals surface area contributed by atoms with Gasteiger partial charge in [0.1, 0.15) is 5.69 Å². The van der Waals surface area contributed by atoms with E-state index in [2.05, 4.69) is 10.3 Å². The van der Waals surface area contributed by atoms with Crippen molar-refractivity contribution in [3.63, 3.8) is 0 Å². The van der Waals surface area contributed by atoms with E-state index in [-0.39, 0.29) is 5.69 Å². The van der Waals surface area contributed by atoms with Crippen LogP contribution in [0.2, 0.25) is 5.02 Å². The summed E-state index contributed by atoms with van der Waals surface area (Å²) in [4.78, 5) is 25.4. The summed E-state index contributed by atoms with van der Waals surface area (Å²) in [6.07, 6.45) is 0. The Morgan fingerprint density at radius 1 is 1.42 bits per heavy atom. The highest BCUT2D eigenvalue weighted by Crippen LogP contribution is 2.23. The van der Waals surface area contributed by atoms with E-state index in [1.165, 1.54) is 0 Å². The Balaban J connectivity index is 2.27. The number of H-pyrrole nitrogens is 1. The lowest BCUT2D eigenvalue weighted by Gasteiger charge is -2.10. The normalized spacial score (nSPS) is 12.3. The minimum atomic E-state index is -1.34. The van der Waals surface area contributed by atoms with Crippen LogP contribution in [0.5, 0.6) is 0 Å². The van der Waals surface area contributed by atoms with Gasteiger partial charge < -0.3 is 20.5 Å². The fraction of sp³-hybridized carbons (Fsp3) is 0.167. The van der Waals surface area contributed by atoms with Gasteiger partial charge in [-0.25, -0.2) is 4.79 Å². The molecule has 0 spiro atoms. The van der Waals surface area contributed by atoms with Crippen LogP contribution in [0, 0.1) is 0 Å². The molecule has 2 rings (SSSR count). The SMILES string of the molecule is O=C(NC(CO)C(=O)O)c1cc2cccc(Cl)c2[nH]1. The molecular weight excluding hydrogens is 272 g/mol. The molecule has 19 heavy (non-hydrogen) atoms. The van der Waals surface area contributed by atoms with Crippen molar-refractivity contribution in [1.82, 2.24) is 10.3 Å². The molecule has 2 aromatic rings. The Morgan fingerprint density at radius 3 is 2.74 bits per heavy atom. The van der Waals surface area contributed by atoms with Crippen molar-refractivity contribution in [3.05, 3.63) is 35.0 Å². The van der Waals surface area contributed by atoms with Crippen LogP contribution in [0.4, 0.5) is 0 Å². The van der Waals surface area contributed by atoms with Gasteiger partial charge in [-0.05, 0) is 12.1 Å². The minimum absolute atomic E-state index is 0.183. The third-order valence-corrected chi connectivity index (χ3v) is 2.95. The number of nitrogens with one attached hydrogen (secondary N) is 2. The average molecular weight is 283 g/mol. The molecule has 1 unspecified atom stereocenters. The quantitative estimate of drug-likeness (QED) is 0.672. The van der Waals surface area contributed by atoms with Gasteiger partial charge >= 0.3 is 5.97 Å². The van der Waals surface area contributed by atoms with E-state index in [1.807, 2.05) is 0 Å². The number of aliphatic hydroxyl groups excluding tert-OH is 1. The van der Waals surface area contributed by atoms with Crippen molar-refractivity contribution in [1.29, 1.82) is 0 Å². The summed E-state index contributed by atoms with van der Waals surface area (Å²) in [5.41, 5.74) is 0.785. The van der Waals surface area contributed by atoms with Crippen LogP contribution in [0.25, 0.3) is 10.9 Å². The van der Waals surface area contributed by atoms with E-state index < -0.39 is 24.5 Å². The molecule has 1 atom stereocenters. The number of benzene rings is 1. The van der Waals surface area contributed by atoms with Crippen molar-refractivity contribution in [2.24, 2.45) is 0 Å². The highest BCUT2D eigenvalue weighted by molar-refractivity contribution is 6.35. The number of amides is 1. The molecule has 1 aromatic heterocycles. The first-order chi connectivity index (χ1) is 9.02. The lowest BCUT2D eigenvalue weighted by molar-refractivity contribution is -0.140. The fourth-order valence-electron chi connectivity index (χ4n) is 1.66. The number of carboxylic acid groups (broad SMARTS) is 1. The van der Waals surface area contributed by atoms with Crippen molar-refractivity contribution in [2.75, 3.05) is 6.61 Å². The lowest BCUT2D eigenvalue weighted by atomic mass is 10.2. The number of para-hydroxylation sites is 1.